The lowest BCUT2D eigenvalue weighted by Crippen LogP contribution is -2.43. The van der Waals surface area contributed by atoms with Crippen molar-refractivity contribution in [2.45, 2.75) is 96.9 Å². The second-order valence-corrected chi connectivity index (χ2v) is 7.44. The normalized spacial score (nSPS) is 29.7. The standard InChI is InChI=1S/C19H37N/c1-3-5-6-8-18-13-15-20(16-14-18)19-11-9-17(7-4-2)10-12-19/h17-19H,3-16H2,1-2H3/t17-,19-. The molecule has 1 saturated heterocycles. The van der Waals surface area contributed by atoms with Gasteiger partial charge in [-0.05, 0) is 63.5 Å². The zero-order valence-corrected chi connectivity index (χ0v) is 14.1. The van der Waals surface area contributed by atoms with Gasteiger partial charge in [-0.25, -0.2) is 0 Å². The van der Waals surface area contributed by atoms with Gasteiger partial charge in [0.25, 0.3) is 0 Å². The van der Waals surface area contributed by atoms with Crippen LogP contribution < -0.4 is 0 Å². The Morgan fingerprint density at radius 3 is 1.95 bits per heavy atom. The van der Waals surface area contributed by atoms with E-state index in [0.717, 1.165) is 17.9 Å². The van der Waals surface area contributed by atoms with Crippen molar-refractivity contribution in [2.75, 3.05) is 13.1 Å². The van der Waals surface area contributed by atoms with E-state index in [0.29, 0.717) is 0 Å². The van der Waals surface area contributed by atoms with Crippen LogP contribution in [0.5, 0.6) is 0 Å². The minimum atomic E-state index is 0.944. The first kappa shape index (κ1) is 16.3. The molecule has 1 nitrogen and oxygen atoms in total. The molecule has 0 aromatic rings. The van der Waals surface area contributed by atoms with Crippen LogP contribution in [-0.4, -0.2) is 24.0 Å². The molecule has 2 aliphatic rings. The molecule has 2 rings (SSSR count). The Hall–Kier alpha value is -0.0400. The molecule has 1 heterocycles. The highest BCUT2D eigenvalue weighted by atomic mass is 15.2. The van der Waals surface area contributed by atoms with Crippen LogP contribution in [0.1, 0.15) is 90.9 Å². The molecule has 20 heavy (non-hydrogen) atoms. The smallest absolute Gasteiger partial charge is 0.00954 e. The highest BCUT2D eigenvalue weighted by molar-refractivity contribution is 4.83. The highest BCUT2D eigenvalue weighted by Crippen LogP contribution is 2.33. The molecule has 1 heteroatoms. The Kier molecular flexibility index (Phi) is 7.41. The molecule has 0 amide bonds. The average molecular weight is 280 g/mol. The third-order valence-corrected chi connectivity index (χ3v) is 5.89. The Bertz CT molecular complexity index is 234. The predicted molar refractivity (Wildman–Crippen MR) is 89.1 cm³/mol. The molecule has 0 radical (unpaired) electrons. The molecule has 2 fully saturated rings. The summed E-state index contributed by atoms with van der Waals surface area (Å²) < 4.78 is 0. The van der Waals surface area contributed by atoms with Crippen LogP contribution >= 0.6 is 0 Å². The second-order valence-electron chi connectivity index (χ2n) is 7.44. The maximum Gasteiger partial charge on any atom is 0.00954 e. The van der Waals surface area contributed by atoms with E-state index in [4.69, 9.17) is 0 Å². The number of piperidine rings is 1. The average Bonchev–Trinajstić information content (AvgIpc) is 2.49. The van der Waals surface area contributed by atoms with Crippen molar-refractivity contribution < 1.29 is 0 Å². The topological polar surface area (TPSA) is 3.24 Å². The minimum Gasteiger partial charge on any atom is -0.300 e. The van der Waals surface area contributed by atoms with Crippen molar-refractivity contribution in [1.29, 1.82) is 0 Å². The lowest BCUT2D eigenvalue weighted by Gasteiger charge is -2.41. The van der Waals surface area contributed by atoms with Crippen LogP contribution in [0.4, 0.5) is 0 Å². The van der Waals surface area contributed by atoms with Gasteiger partial charge >= 0.3 is 0 Å². The molecule has 0 unspecified atom stereocenters. The Morgan fingerprint density at radius 2 is 1.35 bits per heavy atom. The van der Waals surface area contributed by atoms with Gasteiger partial charge in [0.1, 0.15) is 0 Å². The molecule has 0 aromatic carbocycles. The van der Waals surface area contributed by atoms with E-state index in [1.54, 1.807) is 0 Å². The Labute approximate surface area is 127 Å². The maximum atomic E-state index is 2.85. The second kappa shape index (κ2) is 9.07. The van der Waals surface area contributed by atoms with Gasteiger partial charge in [-0.15, -0.1) is 0 Å². The van der Waals surface area contributed by atoms with Crippen molar-refractivity contribution >= 4 is 0 Å². The maximum absolute atomic E-state index is 2.85. The number of likely N-dealkylation sites (tertiary alicyclic amines) is 1. The van der Waals surface area contributed by atoms with Gasteiger partial charge in [-0.3, -0.25) is 0 Å². The third kappa shape index (κ3) is 5.06. The lowest BCUT2D eigenvalue weighted by molar-refractivity contribution is 0.0904. The Balaban J connectivity index is 1.62. The predicted octanol–water partition coefficient (Wildman–Crippen LogP) is 5.64. The van der Waals surface area contributed by atoms with Crippen molar-refractivity contribution in [3.63, 3.8) is 0 Å². The van der Waals surface area contributed by atoms with E-state index in [1.165, 1.54) is 90.1 Å². The number of hydrogen-bond acceptors (Lipinski definition) is 1. The van der Waals surface area contributed by atoms with Gasteiger partial charge in [0.2, 0.25) is 0 Å². The van der Waals surface area contributed by atoms with Gasteiger partial charge < -0.3 is 4.90 Å². The third-order valence-electron chi connectivity index (χ3n) is 5.89. The first-order valence-corrected chi connectivity index (χ1v) is 9.57. The van der Waals surface area contributed by atoms with E-state index in [2.05, 4.69) is 18.7 Å². The first-order valence-electron chi connectivity index (χ1n) is 9.57. The van der Waals surface area contributed by atoms with Crippen LogP contribution in [0, 0.1) is 11.8 Å². The molecule has 0 N–H and O–H groups in total. The van der Waals surface area contributed by atoms with Crippen LogP contribution in [0.15, 0.2) is 0 Å². The van der Waals surface area contributed by atoms with Gasteiger partial charge in [0, 0.05) is 6.04 Å². The summed E-state index contributed by atoms with van der Waals surface area (Å²) in [6.07, 6.45) is 17.6. The minimum absolute atomic E-state index is 0.944. The fourth-order valence-corrected chi connectivity index (χ4v) is 4.50. The number of rotatable bonds is 7. The molecule has 1 aliphatic carbocycles. The van der Waals surface area contributed by atoms with Gasteiger partial charge in [0.05, 0.1) is 0 Å². The molecular weight excluding hydrogens is 242 g/mol. The number of nitrogens with zero attached hydrogens (tertiary/aromatic N) is 1. The molecule has 1 saturated carbocycles. The quantitative estimate of drug-likeness (QED) is 0.545. The summed E-state index contributed by atoms with van der Waals surface area (Å²) in [6, 6.07) is 0.944. The van der Waals surface area contributed by atoms with E-state index < -0.39 is 0 Å². The van der Waals surface area contributed by atoms with Crippen molar-refractivity contribution in [1.82, 2.24) is 4.90 Å². The first-order chi connectivity index (χ1) is 9.83. The summed E-state index contributed by atoms with van der Waals surface area (Å²) in [5.41, 5.74) is 0. The van der Waals surface area contributed by atoms with Crippen molar-refractivity contribution in [3.05, 3.63) is 0 Å². The van der Waals surface area contributed by atoms with Gasteiger partial charge in [0.15, 0.2) is 0 Å². The summed E-state index contributed by atoms with van der Waals surface area (Å²) in [7, 11) is 0. The lowest BCUT2D eigenvalue weighted by atomic mass is 9.81. The number of hydrogen-bond donors (Lipinski definition) is 0. The molecule has 0 spiro atoms. The molecule has 118 valence electrons. The molecular formula is C19H37N. The molecule has 1 aliphatic heterocycles. The van der Waals surface area contributed by atoms with Gasteiger partial charge in [-0.2, -0.15) is 0 Å². The monoisotopic (exact) mass is 279 g/mol. The zero-order valence-electron chi connectivity index (χ0n) is 14.1. The Morgan fingerprint density at radius 1 is 0.700 bits per heavy atom. The summed E-state index contributed by atoms with van der Waals surface area (Å²) >= 11 is 0. The fraction of sp³-hybridized carbons (Fsp3) is 1.00. The van der Waals surface area contributed by atoms with Gasteiger partial charge in [-0.1, -0.05) is 52.4 Å². The van der Waals surface area contributed by atoms with Crippen LogP contribution in [-0.2, 0) is 0 Å². The van der Waals surface area contributed by atoms with Crippen LogP contribution in [0.3, 0.4) is 0 Å². The van der Waals surface area contributed by atoms with Crippen molar-refractivity contribution in [3.8, 4) is 0 Å². The van der Waals surface area contributed by atoms with E-state index in [9.17, 15) is 0 Å². The fourth-order valence-electron chi connectivity index (χ4n) is 4.50. The summed E-state index contributed by atoms with van der Waals surface area (Å²) in [4.78, 5) is 2.85. The zero-order chi connectivity index (χ0) is 14.2. The summed E-state index contributed by atoms with van der Waals surface area (Å²) in [5.74, 6) is 2.11. The van der Waals surface area contributed by atoms with E-state index >= 15 is 0 Å². The summed E-state index contributed by atoms with van der Waals surface area (Å²) in [6.45, 7) is 7.46. The molecule has 0 aromatic heterocycles. The van der Waals surface area contributed by atoms with E-state index in [-0.39, 0.29) is 0 Å². The molecule has 0 bridgehead atoms. The largest absolute Gasteiger partial charge is 0.300 e. The highest BCUT2D eigenvalue weighted by Gasteiger charge is 2.28. The SMILES string of the molecule is CCCCCC1CCN([C@H]2CC[C@H](CCC)CC2)CC1. The summed E-state index contributed by atoms with van der Waals surface area (Å²) in [5, 5.41) is 0. The van der Waals surface area contributed by atoms with Crippen LogP contribution in [0.25, 0.3) is 0 Å². The van der Waals surface area contributed by atoms with Crippen molar-refractivity contribution in [2.24, 2.45) is 11.8 Å². The number of unbranched alkanes of at least 4 members (excludes halogenated alkanes) is 2. The van der Waals surface area contributed by atoms with Crippen LogP contribution in [0.2, 0.25) is 0 Å². The van der Waals surface area contributed by atoms with E-state index in [1.807, 2.05) is 0 Å². The molecule has 0 atom stereocenters.